The Hall–Kier alpha value is -2.90. The van der Waals surface area contributed by atoms with Gasteiger partial charge < -0.3 is 10.2 Å². The number of carbonyl (C=O) groups is 1. The van der Waals surface area contributed by atoms with E-state index in [1.54, 1.807) is 7.05 Å². The number of nitrogens with one attached hydrogen (secondary N) is 2. The molecule has 3 saturated carbocycles. The highest BCUT2D eigenvalue weighted by molar-refractivity contribution is 6.07. The van der Waals surface area contributed by atoms with Crippen LogP contribution in [0.3, 0.4) is 0 Å². The fourth-order valence-corrected chi connectivity index (χ4v) is 7.59. The first-order chi connectivity index (χ1) is 18.3. The van der Waals surface area contributed by atoms with Gasteiger partial charge in [-0.05, 0) is 78.3 Å². The summed E-state index contributed by atoms with van der Waals surface area (Å²) in [5.41, 5.74) is 7.91. The SMILES string of the molecule is CN=C(Nc1ccc(C(=O)N2CCc3ccccc32)cc1)NN1CCN(C2CC3CC(C2C)C3(C)C)CC1. The molecular formula is C31H42N6O. The summed E-state index contributed by atoms with van der Waals surface area (Å²) in [4.78, 5) is 22.2. The Balaban J connectivity index is 1.01. The number of hydrazine groups is 1. The molecule has 7 nitrogen and oxygen atoms in total. The number of fused-ring (bicyclic) bond motifs is 3. The second kappa shape index (κ2) is 10.0. The van der Waals surface area contributed by atoms with Crippen molar-refractivity contribution in [2.45, 2.75) is 46.1 Å². The number of nitrogens with zero attached hydrogens (tertiary/aromatic N) is 4. The van der Waals surface area contributed by atoms with Crippen molar-refractivity contribution in [2.24, 2.45) is 28.2 Å². The van der Waals surface area contributed by atoms with Crippen molar-refractivity contribution < 1.29 is 4.79 Å². The number of piperazine rings is 1. The molecule has 4 unspecified atom stereocenters. The van der Waals surface area contributed by atoms with Gasteiger partial charge >= 0.3 is 0 Å². The Morgan fingerprint density at radius 1 is 0.974 bits per heavy atom. The van der Waals surface area contributed by atoms with Crippen LogP contribution < -0.4 is 15.6 Å². The van der Waals surface area contributed by atoms with E-state index in [0.29, 0.717) is 11.0 Å². The highest BCUT2D eigenvalue weighted by Crippen LogP contribution is 2.62. The third-order valence-electron chi connectivity index (χ3n) is 10.1. The molecule has 38 heavy (non-hydrogen) atoms. The minimum Gasteiger partial charge on any atom is -0.325 e. The quantitative estimate of drug-likeness (QED) is 0.465. The molecule has 1 saturated heterocycles. The highest BCUT2D eigenvalue weighted by atomic mass is 16.2. The molecule has 1 amide bonds. The maximum absolute atomic E-state index is 13.1. The van der Waals surface area contributed by atoms with E-state index < -0.39 is 0 Å². The zero-order valence-electron chi connectivity index (χ0n) is 23.3. The van der Waals surface area contributed by atoms with Crippen molar-refractivity contribution >= 4 is 23.2 Å². The summed E-state index contributed by atoms with van der Waals surface area (Å²) >= 11 is 0. The average molecular weight is 515 g/mol. The van der Waals surface area contributed by atoms with Crippen LogP contribution in [0.25, 0.3) is 0 Å². The first kappa shape index (κ1) is 25.4. The molecule has 0 radical (unpaired) electrons. The van der Waals surface area contributed by atoms with Gasteiger partial charge in [0.1, 0.15) is 0 Å². The molecule has 2 bridgehead atoms. The summed E-state index contributed by atoms with van der Waals surface area (Å²) in [7, 11) is 1.80. The Kier molecular flexibility index (Phi) is 6.68. The van der Waals surface area contributed by atoms with Gasteiger partial charge in [-0.3, -0.25) is 20.1 Å². The number of para-hydroxylation sites is 1. The lowest BCUT2D eigenvalue weighted by Crippen LogP contribution is -2.64. The number of hydrogen-bond donors (Lipinski definition) is 2. The molecule has 2 heterocycles. The first-order valence-electron chi connectivity index (χ1n) is 14.3. The van der Waals surface area contributed by atoms with Crippen LogP contribution in [0, 0.1) is 23.2 Å². The molecule has 202 valence electrons. The normalized spacial score (nSPS) is 28.9. The van der Waals surface area contributed by atoms with Crippen LogP contribution in [0.4, 0.5) is 11.4 Å². The molecule has 2 aliphatic heterocycles. The fourth-order valence-electron chi connectivity index (χ4n) is 7.59. The number of guanidine groups is 1. The van der Waals surface area contributed by atoms with Crippen LogP contribution in [0.5, 0.6) is 0 Å². The Morgan fingerprint density at radius 3 is 2.39 bits per heavy atom. The third-order valence-corrected chi connectivity index (χ3v) is 10.1. The summed E-state index contributed by atoms with van der Waals surface area (Å²) < 4.78 is 0. The second-order valence-electron chi connectivity index (χ2n) is 12.3. The molecule has 4 atom stereocenters. The lowest BCUT2D eigenvalue weighted by molar-refractivity contribution is -0.143. The van der Waals surface area contributed by atoms with E-state index in [4.69, 9.17) is 0 Å². The maximum Gasteiger partial charge on any atom is 0.258 e. The number of rotatable bonds is 4. The predicted molar refractivity (Wildman–Crippen MR) is 154 cm³/mol. The van der Waals surface area contributed by atoms with Crippen LogP contribution >= 0.6 is 0 Å². The van der Waals surface area contributed by atoms with Crippen LogP contribution in [0.15, 0.2) is 53.5 Å². The van der Waals surface area contributed by atoms with Crippen molar-refractivity contribution in [3.63, 3.8) is 0 Å². The van der Waals surface area contributed by atoms with Crippen molar-refractivity contribution in [1.29, 1.82) is 0 Å². The van der Waals surface area contributed by atoms with Crippen LogP contribution in [0.2, 0.25) is 0 Å². The van der Waals surface area contributed by atoms with Gasteiger partial charge in [-0.2, -0.15) is 0 Å². The van der Waals surface area contributed by atoms with Gasteiger partial charge in [0.25, 0.3) is 5.91 Å². The summed E-state index contributed by atoms with van der Waals surface area (Å²) in [6, 6.07) is 16.6. The molecule has 0 spiro atoms. The summed E-state index contributed by atoms with van der Waals surface area (Å²) in [6.07, 6.45) is 3.72. The number of hydrogen-bond acceptors (Lipinski definition) is 4. The largest absolute Gasteiger partial charge is 0.325 e. The zero-order valence-corrected chi connectivity index (χ0v) is 23.3. The van der Waals surface area contributed by atoms with E-state index in [0.717, 1.165) is 80.3 Å². The monoisotopic (exact) mass is 514 g/mol. The smallest absolute Gasteiger partial charge is 0.258 e. The van der Waals surface area contributed by atoms with Gasteiger partial charge in [0.05, 0.1) is 0 Å². The van der Waals surface area contributed by atoms with Gasteiger partial charge in [0, 0.05) is 62.8 Å². The molecule has 2 aromatic rings. The van der Waals surface area contributed by atoms with Gasteiger partial charge in [-0.15, -0.1) is 0 Å². The van der Waals surface area contributed by atoms with Crippen molar-refractivity contribution in [1.82, 2.24) is 15.3 Å². The molecule has 7 heteroatoms. The van der Waals surface area contributed by atoms with Crippen LogP contribution in [-0.4, -0.2) is 67.6 Å². The molecule has 3 aliphatic carbocycles. The number of carbonyl (C=O) groups excluding carboxylic acids is 1. The summed E-state index contributed by atoms with van der Waals surface area (Å²) in [5, 5.41) is 5.66. The average Bonchev–Trinajstić information content (AvgIpc) is 3.37. The lowest BCUT2D eigenvalue weighted by atomic mass is 9.44. The molecule has 2 aromatic carbocycles. The van der Waals surface area contributed by atoms with E-state index in [1.165, 1.54) is 18.4 Å². The van der Waals surface area contributed by atoms with E-state index in [1.807, 2.05) is 47.4 Å². The van der Waals surface area contributed by atoms with Gasteiger partial charge in [0.15, 0.2) is 0 Å². The van der Waals surface area contributed by atoms with Gasteiger partial charge in [0.2, 0.25) is 5.96 Å². The number of benzene rings is 2. The summed E-state index contributed by atoms with van der Waals surface area (Å²) in [6.45, 7) is 12.3. The first-order valence-corrected chi connectivity index (χ1v) is 14.3. The molecule has 0 aromatic heterocycles. The van der Waals surface area contributed by atoms with E-state index >= 15 is 0 Å². The van der Waals surface area contributed by atoms with Crippen molar-refractivity contribution in [3.05, 3.63) is 59.7 Å². The Labute approximate surface area is 227 Å². The number of aliphatic imine (C=N–C) groups is 1. The standard InChI is InChI=1S/C31H42N6O/c1-21-26-19-24(31(26,2)3)20-28(21)35-15-17-36(18-16-35)34-30(32-4)33-25-11-9-23(10-12-25)29(38)37-14-13-22-7-5-6-8-27(22)37/h5-12,21,24,26,28H,13-20H2,1-4H3,(H2,32,33,34). The molecule has 5 aliphatic rings. The Morgan fingerprint density at radius 2 is 1.71 bits per heavy atom. The lowest BCUT2D eigenvalue weighted by Gasteiger charge is -2.64. The van der Waals surface area contributed by atoms with Gasteiger partial charge in [-0.1, -0.05) is 39.0 Å². The highest BCUT2D eigenvalue weighted by Gasteiger charge is 2.57. The molecule has 7 rings (SSSR count). The van der Waals surface area contributed by atoms with Crippen molar-refractivity contribution in [3.8, 4) is 0 Å². The van der Waals surface area contributed by atoms with Crippen LogP contribution in [-0.2, 0) is 6.42 Å². The molecule has 2 N–H and O–H groups in total. The van der Waals surface area contributed by atoms with E-state index in [-0.39, 0.29) is 5.91 Å². The topological polar surface area (TPSA) is 63.2 Å². The summed E-state index contributed by atoms with van der Waals surface area (Å²) in [5.74, 6) is 3.35. The van der Waals surface area contributed by atoms with Gasteiger partial charge in [-0.25, -0.2) is 5.01 Å². The van der Waals surface area contributed by atoms with E-state index in [9.17, 15) is 4.79 Å². The fraction of sp³-hybridized carbons (Fsp3) is 0.548. The van der Waals surface area contributed by atoms with E-state index in [2.05, 4.69) is 52.5 Å². The molecular weight excluding hydrogens is 472 g/mol. The maximum atomic E-state index is 13.1. The predicted octanol–water partition coefficient (Wildman–Crippen LogP) is 4.48. The van der Waals surface area contributed by atoms with Crippen molar-refractivity contribution in [2.75, 3.05) is 50.0 Å². The second-order valence-corrected chi connectivity index (χ2v) is 12.3. The zero-order chi connectivity index (χ0) is 26.4. The third kappa shape index (κ3) is 4.50. The number of amides is 1. The molecule has 4 fully saturated rings. The number of anilines is 2. The van der Waals surface area contributed by atoms with Crippen LogP contribution in [0.1, 0.15) is 49.5 Å². The minimum atomic E-state index is 0.0510. The Bertz CT molecular complexity index is 1200. The minimum absolute atomic E-state index is 0.0510.